The number of hydrogen-bond acceptors (Lipinski definition) is 6. The number of aromatic nitrogens is 5. The second kappa shape index (κ2) is 10.9. The minimum Gasteiger partial charge on any atom is -0.351 e. The molecule has 2 aromatic heterocycles. The molecule has 0 aliphatic rings. The quantitative estimate of drug-likeness (QED) is 0.385. The van der Waals surface area contributed by atoms with Crippen LogP contribution in [0.4, 0.5) is 0 Å². The lowest BCUT2D eigenvalue weighted by atomic mass is 10.2. The second-order valence-corrected chi connectivity index (χ2v) is 8.44. The van der Waals surface area contributed by atoms with Crippen LogP contribution in [0.25, 0.3) is 0 Å². The lowest BCUT2D eigenvalue weighted by Gasteiger charge is -2.12. The summed E-state index contributed by atoms with van der Waals surface area (Å²) in [7, 11) is 0. The smallest absolute Gasteiger partial charge is 0.271 e. The summed E-state index contributed by atoms with van der Waals surface area (Å²) in [5, 5.41) is 16.6. The predicted molar refractivity (Wildman–Crippen MR) is 121 cm³/mol. The normalized spacial score (nSPS) is 11.1. The molecule has 1 N–H and O–H groups in total. The zero-order valence-corrected chi connectivity index (χ0v) is 18.9. The number of carbonyl (C=O) groups excluding carboxylic acids is 1. The van der Waals surface area contributed by atoms with Crippen molar-refractivity contribution < 1.29 is 4.79 Å². The van der Waals surface area contributed by atoms with E-state index < -0.39 is 0 Å². The summed E-state index contributed by atoms with van der Waals surface area (Å²) < 4.78 is 3.46. The molecule has 0 radical (unpaired) electrons. The van der Waals surface area contributed by atoms with Gasteiger partial charge in [-0.15, -0.1) is 10.2 Å². The highest BCUT2D eigenvalue weighted by atomic mass is 32.2. The predicted octanol–water partition coefficient (Wildman–Crippen LogP) is 2.62. The number of benzene rings is 1. The van der Waals surface area contributed by atoms with Crippen molar-refractivity contribution in [2.45, 2.75) is 44.9 Å². The van der Waals surface area contributed by atoms with Crippen LogP contribution in [0, 0.1) is 5.92 Å². The summed E-state index contributed by atoms with van der Waals surface area (Å²) in [5.74, 6) is 1.13. The first-order valence-electron chi connectivity index (χ1n) is 10.3. The third-order valence-electron chi connectivity index (χ3n) is 4.66. The van der Waals surface area contributed by atoms with Crippen molar-refractivity contribution in [2.24, 2.45) is 5.92 Å². The Balaban J connectivity index is 1.56. The Morgan fingerprint density at radius 1 is 1.13 bits per heavy atom. The summed E-state index contributed by atoms with van der Waals surface area (Å²) in [4.78, 5) is 24.6. The van der Waals surface area contributed by atoms with E-state index in [0.717, 1.165) is 35.9 Å². The number of nitrogens with one attached hydrogen (secondary N) is 1. The fourth-order valence-electron chi connectivity index (χ4n) is 3.18. The molecule has 2 heterocycles. The molecule has 9 heteroatoms. The van der Waals surface area contributed by atoms with E-state index in [-0.39, 0.29) is 17.2 Å². The topological polar surface area (TPSA) is 94.7 Å². The van der Waals surface area contributed by atoms with Crippen molar-refractivity contribution in [2.75, 3.05) is 12.8 Å². The van der Waals surface area contributed by atoms with Gasteiger partial charge in [0.05, 0.1) is 6.54 Å². The van der Waals surface area contributed by atoms with Crippen LogP contribution in [-0.2, 0) is 19.5 Å². The van der Waals surface area contributed by atoms with E-state index in [4.69, 9.17) is 0 Å². The first-order chi connectivity index (χ1) is 15.0. The number of aryl methyl sites for hydroxylation is 1. The molecule has 3 aromatic rings. The molecule has 1 aromatic carbocycles. The zero-order chi connectivity index (χ0) is 22.2. The number of nitrogens with zero attached hydrogens (tertiary/aromatic N) is 5. The molecule has 31 heavy (non-hydrogen) atoms. The molecule has 0 spiro atoms. The van der Waals surface area contributed by atoms with Crippen LogP contribution in [0.1, 0.15) is 42.1 Å². The first-order valence-corrected chi connectivity index (χ1v) is 11.6. The third kappa shape index (κ3) is 6.27. The number of amides is 1. The van der Waals surface area contributed by atoms with Crippen LogP contribution < -0.4 is 10.9 Å². The van der Waals surface area contributed by atoms with Gasteiger partial charge in [-0.3, -0.25) is 9.59 Å². The van der Waals surface area contributed by atoms with E-state index in [2.05, 4.69) is 39.0 Å². The molecule has 1 amide bonds. The monoisotopic (exact) mass is 440 g/mol. The van der Waals surface area contributed by atoms with Gasteiger partial charge in [-0.2, -0.15) is 5.10 Å². The van der Waals surface area contributed by atoms with Crippen molar-refractivity contribution >= 4 is 17.7 Å². The fraction of sp³-hybridized carbons (Fsp3) is 0.409. The van der Waals surface area contributed by atoms with E-state index in [1.165, 1.54) is 16.8 Å². The Morgan fingerprint density at radius 2 is 1.90 bits per heavy atom. The number of carbonyl (C=O) groups is 1. The highest BCUT2D eigenvalue weighted by Crippen LogP contribution is 2.16. The number of thioether (sulfide) groups is 1. The van der Waals surface area contributed by atoms with Crippen LogP contribution in [-0.4, -0.2) is 43.3 Å². The van der Waals surface area contributed by atoms with E-state index in [9.17, 15) is 9.59 Å². The molecule has 0 atom stereocenters. The Labute approximate surface area is 186 Å². The molecule has 0 saturated carbocycles. The molecule has 0 aliphatic heterocycles. The molecular formula is C22H28N6O2S. The summed E-state index contributed by atoms with van der Waals surface area (Å²) in [6, 6.07) is 12.4. The Morgan fingerprint density at radius 3 is 2.61 bits per heavy atom. The molecule has 3 rings (SSSR count). The second-order valence-electron chi connectivity index (χ2n) is 7.67. The zero-order valence-electron chi connectivity index (χ0n) is 18.1. The lowest BCUT2D eigenvalue weighted by Crippen LogP contribution is -2.30. The van der Waals surface area contributed by atoms with Gasteiger partial charge in [-0.05, 0) is 30.2 Å². The maximum absolute atomic E-state index is 12.5. The minimum atomic E-state index is -0.296. The van der Waals surface area contributed by atoms with Crippen LogP contribution in [0.5, 0.6) is 0 Å². The Bertz CT molecular complexity index is 1060. The van der Waals surface area contributed by atoms with Gasteiger partial charge in [0.2, 0.25) is 0 Å². The number of rotatable bonds is 10. The molecule has 0 bridgehead atoms. The first kappa shape index (κ1) is 22.7. The molecular weight excluding hydrogens is 412 g/mol. The van der Waals surface area contributed by atoms with Gasteiger partial charge in [0.15, 0.2) is 5.16 Å². The molecule has 0 saturated heterocycles. The number of hydrogen-bond donors (Lipinski definition) is 1. The maximum atomic E-state index is 12.5. The lowest BCUT2D eigenvalue weighted by molar-refractivity contribution is 0.0945. The highest BCUT2D eigenvalue weighted by molar-refractivity contribution is 7.98. The van der Waals surface area contributed by atoms with Gasteiger partial charge in [0, 0.05) is 25.6 Å². The highest BCUT2D eigenvalue weighted by Gasteiger charge is 2.13. The summed E-state index contributed by atoms with van der Waals surface area (Å²) in [6.45, 7) is 6.01. The van der Waals surface area contributed by atoms with E-state index in [0.29, 0.717) is 19.0 Å². The van der Waals surface area contributed by atoms with E-state index >= 15 is 0 Å². The molecule has 0 fully saturated rings. The molecule has 0 unspecified atom stereocenters. The van der Waals surface area contributed by atoms with Crippen molar-refractivity contribution in [1.29, 1.82) is 0 Å². The largest absolute Gasteiger partial charge is 0.351 e. The standard InChI is InChI=1S/C22H28N6O2S/c1-16(2)14-27-19(24-25-22(27)31-3)10-7-13-23-21(30)18-11-12-20(29)28(26-18)15-17-8-5-4-6-9-17/h4-6,8-9,11-12,16H,7,10,13-15H2,1-3H3,(H,23,30). The maximum Gasteiger partial charge on any atom is 0.271 e. The Hall–Kier alpha value is -2.94. The van der Waals surface area contributed by atoms with Gasteiger partial charge >= 0.3 is 0 Å². The van der Waals surface area contributed by atoms with Gasteiger partial charge in [0.25, 0.3) is 11.5 Å². The van der Waals surface area contributed by atoms with Crippen molar-refractivity contribution in [3.8, 4) is 0 Å². The molecule has 164 valence electrons. The van der Waals surface area contributed by atoms with Crippen LogP contribution in [0.15, 0.2) is 52.4 Å². The minimum absolute atomic E-state index is 0.225. The van der Waals surface area contributed by atoms with Gasteiger partial charge in [-0.1, -0.05) is 55.9 Å². The van der Waals surface area contributed by atoms with Crippen molar-refractivity contribution in [1.82, 2.24) is 29.9 Å². The van der Waals surface area contributed by atoms with E-state index in [1.807, 2.05) is 36.6 Å². The summed E-state index contributed by atoms with van der Waals surface area (Å²) >= 11 is 1.59. The van der Waals surface area contributed by atoms with Gasteiger partial charge in [0.1, 0.15) is 11.5 Å². The Kier molecular flexibility index (Phi) is 8.00. The third-order valence-corrected chi connectivity index (χ3v) is 5.33. The SMILES string of the molecule is CSc1nnc(CCCNC(=O)c2ccc(=O)n(Cc3ccccc3)n2)n1CC(C)C. The van der Waals surface area contributed by atoms with Crippen molar-refractivity contribution in [3.05, 3.63) is 69.9 Å². The van der Waals surface area contributed by atoms with Gasteiger partial charge in [-0.25, -0.2) is 4.68 Å². The van der Waals surface area contributed by atoms with Crippen LogP contribution in [0.2, 0.25) is 0 Å². The van der Waals surface area contributed by atoms with Crippen LogP contribution in [0.3, 0.4) is 0 Å². The van der Waals surface area contributed by atoms with Gasteiger partial charge < -0.3 is 9.88 Å². The van der Waals surface area contributed by atoms with E-state index in [1.54, 1.807) is 11.8 Å². The molecule has 0 aliphatic carbocycles. The summed E-state index contributed by atoms with van der Waals surface area (Å²) in [6.07, 6.45) is 3.45. The van der Waals surface area contributed by atoms with Crippen molar-refractivity contribution in [3.63, 3.8) is 0 Å². The van der Waals surface area contributed by atoms with Crippen LogP contribution >= 0.6 is 11.8 Å². The summed E-state index contributed by atoms with van der Waals surface area (Å²) in [5.41, 5.74) is 0.933. The average molecular weight is 441 g/mol. The molecule has 8 nitrogen and oxygen atoms in total. The fourth-order valence-corrected chi connectivity index (χ4v) is 3.70. The average Bonchev–Trinajstić information content (AvgIpc) is 3.14.